The van der Waals surface area contributed by atoms with Crippen LogP contribution < -0.4 is 10.2 Å². The highest BCUT2D eigenvalue weighted by Crippen LogP contribution is 2.44. The minimum atomic E-state index is -0.377. The molecule has 0 spiro atoms. The van der Waals surface area contributed by atoms with Crippen LogP contribution in [0.3, 0.4) is 0 Å². The molecule has 2 amide bonds. The lowest BCUT2D eigenvalue weighted by Gasteiger charge is -2.26. The van der Waals surface area contributed by atoms with Crippen molar-refractivity contribution in [2.75, 3.05) is 16.8 Å². The lowest BCUT2D eigenvalue weighted by atomic mass is 9.83. The van der Waals surface area contributed by atoms with E-state index in [0.717, 1.165) is 50.0 Å². The maximum atomic E-state index is 13.1. The van der Waals surface area contributed by atoms with Crippen molar-refractivity contribution in [3.63, 3.8) is 0 Å². The van der Waals surface area contributed by atoms with Crippen LogP contribution in [0, 0.1) is 0 Å². The molecular weight excluding hydrogens is 332 g/mol. The summed E-state index contributed by atoms with van der Waals surface area (Å²) in [6.45, 7) is 0.784. The predicted molar refractivity (Wildman–Crippen MR) is 101 cm³/mol. The lowest BCUT2D eigenvalue weighted by Crippen LogP contribution is -2.37. The fourth-order valence-electron chi connectivity index (χ4n) is 4.01. The van der Waals surface area contributed by atoms with Gasteiger partial charge in [0.25, 0.3) is 0 Å². The molecule has 130 valence electrons. The number of nitrogens with one attached hydrogen (secondary N) is 1. The van der Waals surface area contributed by atoms with E-state index in [-0.39, 0.29) is 17.2 Å². The molecule has 1 aliphatic carbocycles. The molecule has 1 saturated carbocycles. The Balaban J connectivity index is 1.51. The summed E-state index contributed by atoms with van der Waals surface area (Å²) >= 11 is 1.67. The standard InChI is InChI=1S/C20H22N2O2S/c23-18-6-3-13-22(18)16-9-7-15(8-10-16)21-19(24)20(11-1-2-12-20)17-5-4-14-25-17/h4-5,7-10,14H,1-3,6,11-13H2,(H,21,24). The van der Waals surface area contributed by atoms with Crippen molar-refractivity contribution in [3.8, 4) is 0 Å². The van der Waals surface area contributed by atoms with Crippen molar-refractivity contribution in [1.82, 2.24) is 0 Å². The zero-order valence-electron chi connectivity index (χ0n) is 14.2. The highest BCUT2D eigenvalue weighted by molar-refractivity contribution is 7.10. The predicted octanol–water partition coefficient (Wildman–Crippen LogP) is 4.33. The average Bonchev–Trinajstić information content (AvgIpc) is 3.37. The van der Waals surface area contributed by atoms with Crippen molar-refractivity contribution >= 4 is 34.5 Å². The Bertz CT molecular complexity index is 762. The summed E-state index contributed by atoms with van der Waals surface area (Å²) in [6, 6.07) is 11.7. The molecule has 5 heteroatoms. The fraction of sp³-hybridized carbons (Fsp3) is 0.400. The number of amides is 2. The molecule has 0 radical (unpaired) electrons. The zero-order chi connectivity index (χ0) is 17.3. The number of hydrogen-bond donors (Lipinski definition) is 1. The first-order valence-electron chi connectivity index (χ1n) is 8.95. The Kier molecular flexibility index (Phi) is 4.34. The Morgan fingerprint density at radius 2 is 1.84 bits per heavy atom. The van der Waals surface area contributed by atoms with Crippen LogP contribution in [0.4, 0.5) is 11.4 Å². The van der Waals surface area contributed by atoms with E-state index in [0.29, 0.717) is 6.42 Å². The molecule has 4 rings (SSSR count). The van der Waals surface area contributed by atoms with Gasteiger partial charge in [-0.2, -0.15) is 0 Å². The summed E-state index contributed by atoms with van der Waals surface area (Å²) in [5.74, 6) is 0.275. The smallest absolute Gasteiger partial charge is 0.235 e. The molecule has 2 aromatic rings. The van der Waals surface area contributed by atoms with E-state index >= 15 is 0 Å². The van der Waals surface area contributed by atoms with Crippen LogP contribution in [-0.2, 0) is 15.0 Å². The third-order valence-electron chi connectivity index (χ3n) is 5.39. The second-order valence-electron chi connectivity index (χ2n) is 6.92. The van der Waals surface area contributed by atoms with Crippen LogP contribution in [0.15, 0.2) is 41.8 Å². The Hall–Kier alpha value is -2.14. The van der Waals surface area contributed by atoms with Gasteiger partial charge in [-0.1, -0.05) is 18.9 Å². The monoisotopic (exact) mass is 354 g/mol. The van der Waals surface area contributed by atoms with Crippen LogP contribution in [0.5, 0.6) is 0 Å². The van der Waals surface area contributed by atoms with Gasteiger partial charge in [0.05, 0.1) is 5.41 Å². The molecule has 1 N–H and O–H groups in total. The van der Waals surface area contributed by atoms with Gasteiger partial charge >= 0.3 is 0 Å². The van der Waals surface area contributed by atoms with Gasteiger partial charge in [-0.3, -0.25) is 9.59 Å². The minimum absolute atomic E-state index is 0.0949. The van der Waals surface area contributed by atoms with Crippen LogP contribution in [0.25, 0.3) is 0 Å². The molecule has 1 aromatic carbocycles. The van der Waals surface area contributed by atoms with Gasteiger partial charge < -0.3 is 10.2 Å². The van der Waals surface area contributed by atoms with Gasteiger partial charge in [0.1, 0.15) is 0 Å². The summed E-state index contributed by atoms with van der Waals surface area (Å²) < 4.78 is 0. The van der Waals surface area contributed by atoms with Crippen molar-refractivity contribution in [2.45, 2.75) is 43.9 Å². The Labute approximate surface area is 151 Å². The maximum Gasteiger partial charge on any atom is 0.235 e. The second-order valence-corrected chi connectivity index (χ2v) is 7.86. The topological polar surface area (TPSA) is 49.4 Å². The first-order valence-corrected chi connectivity index (χ1v) is 9.83. The van der Waals surface area contributed by atoms with Crippen LogP contribution in [0.2, 0.25) is 0 Å². The number of hydrogen-bond acceptors (Lipinski definition) is 3. The van der Waals surface area contributed by atoms with E-state index in [1.54, 1.807) is 11.3 Å². The van der Waals surface area contributed by atoms with Gasteiger partial charge in [0.2, 0.25) is 11.8 Å². The molecule has 2 aliphatic rings. The molecule has 4 nitrogen and oxygen atoms in total. The average molecular weight is 354 g/mol. The van der Waals surface area contributed by atoms with Crippen LogP contribution in [0.1, 0.15) is 43.4 Å². The molecule has 1 aliphatic heterocycles. The summed E-state index contributed by atoms with van der Waals surface area (Å²) in [4.78, 5) is 27.9. The lowest BCUT2D eigenvalue weighted by molar-refractivity contribution is -0.121. The van der Waals surface area contributed by atoms with Crippen molar-refractivity contribution in [2.24, 2.45) is 0 Å². The number of carbonyl (C=O) groups is 2. The third-order valence-corrected chi connectivity index (χ3v) is 6.47. The van der Waals surface area contributed by atoms with E-state index in [9.17, 15) is 9.59 Å². The SMILES string of the molecule is O=C1CCCN1c1ccc(NC(=O)C2(c3cccs3)CCCC2)cc1. The highest BCUT2D eigenvalue weighted by Gasteiger charge is 2.43. The number of benzene rings is 1. The summed E-state index contributed by atoms with van der Waals surface area (Å²) in [6.07, 6.45) is 5.57. The molecule has 2 fully saturated rings. The number of thiophene rings is 1. The number of rotatable bonds is 4. The Morgan fingerprint density at radius 3 is 2.44 bits per heavy atom. The van der Waals surface area contributed by atoms with E-state index < -0.39 is 0 Å². The molecular formula is C20H22N2O2S. The van der Waals surface area contributed by atoms with Gasteiger partial charge in [0, 0.05) is 29.2 Å². The normalized spacial score (nSPS) is 19.4. The van der Waals surface area contributed by atoms with Crippen LogP contribution >= 0.6 is 11.3 Å². The molecule has 0 atom stereocenters. The number of anilines is 2. The summed E-state index contributed by atoms with van der Waals surface area (Å²) in [5.41, 5.74) is 1.33. The molecule has 2 heterocycles. The second kappa shape index (κ2) is 6.64. The maximum absolute atomic E-state index is 13.1. The molecule has 1 saturated heterocycles. The van der Waals surface area contributed by atoms with Crippen molar-refractivity contribution in [1.29, 1.82) is 0 Å². The first-order chi connectivity index (χ1) is 12.2. The van der Waals surface area contributed by atoms with E-state index in [2.05, 4.69) is 11.4 Å². The quantitative estimate of drug-likeness (QED) is 0.889. The summed E-state index contributed by atoms with van der Waals surface area (Å²) in [5, 5.41) is 5.15. The van der Waals surface area contributed by atoms with Gasteiger partial charge in [0.15, 0.2) is 0 Å². The van der Waals surface area contributed by atoms with Gasteiger partial charge in [-0.15, -0.1) is 11.3 Å². The van der Waals surface area contributed by atoms with Gasteiger partial charge in [-0.05, 0) is 55.0 Å². The number of nitrogens with zero attached hydrogens (tertiary/aromatic N) is 1. The highest BCUT2D eigenvalue weighted by atomic mass is 32.1. The molecule has 0 bridgehead atoms. The first kappa shape index (κ1) is 16.3. The Morgan fingerprint density at radius 1 is 1.08 bits per heavy atom. The fourth-order valence-corrected chi connectivity index (χ4v) is 4.99. The van der Waals surface area contributed by atoms with Gasteiger partial charge in [-0.25, -0.2) is 0 Å². The summed E-state index contributed by atoms with van der Waals surface area (Å²) in [7, 11) is 0. The third kappa shape index (κ3) is 2.97. The van der Waals surface area contributed by atoms with Crippen LogP contribution in [-0.4, -0.2) is 18.4 Å². The minimum Gasteiger partial charge on any atom is -0.325 e. The largest absolute Gasteiger partial charge is 0.325 e. The zero-order valence-corrected chi connectivity index (χ0v) is 15.0. The molecule has 0 unspecified atom stereocenters. The van der Waals surface area contributed by atoms with Crippen molar-refractivity contribution in [3.05, 3.63) is 46.7 Å². The van der Waals surface area contributed by atoms with E-state index in [1.807, 2.05) is 40.6 Å². The van der Waals surface area contributed by atoms with E-state index in [4.69, 9.17) is 0 Å². The van der Waals surface area contributed by atoms with Crippen molar-refractivity contribution < 1.29 is 9.59 Å². The van der Waals surface area contributed by atoms with E-state index in [1.165, 1.54) is 4.88 Å². The molecule has 25 heavy (non-hydrogen) atoms. The molecule has 1 aromatic heterocycles. The number of carbonyl (C=O) groups excluding carboxylic acids is 2.